The van der Waals surface area contributed by atoms with Crippen LogP contribution in [0.1, 0.15) is 17.1 Å². The number of nitrogens with one attached hydrogen (secondary N) is 1. The van der Waals surface area contributed by atoms with E-state index < -0.39 is 5.76 Å². The summed E-state index contributed by atoms with van der Waals surface area (Å²) in [4.78, 5) is 0. The minimum atomic E-state index is -2.37. The van der Waals surface area contributed by atoms with Crippen molar-refractivity contribution in [3.05, 3.63) is 53.5 Å². The fraction of sp³-hybridized carbons (Fsp3) is 0.375. The highest BCUT2D eigenvalue weighted by Crippen LogP contribution is 2.21. The maximum Gasteiger partial charge on any atom is 0.284 e. The van der Waals surface area contributed by atoms with Crippen molar-refractivity contribution in [2.24, 2.45) is 0 Å². The fourth-order valence-electron chi connectivity index (χ4n) is 2.01. The van der Waals surface area contributed by atoms with Crippen LogP contribution in [-0.4, -0.2) is 19.4 Å². The lowest BCUT2D eigenvalue weighted by atomic mass is 10.1. The molecule has 0 saturated carbocycles. The third-order valence-electron chi connectivity index (χ3n) is 3.09. The van der Waals surface area contributed by atoms with Crippen LogP contribution in [0.4, 0.5) is 8.78 Å². The van der Waals surface area contributed by atoms with Crippen LogP contribution >= 0.6 is 11.8 Å². The van der Waals surface area contributed by atoms with Gasteiger partial charge >= 0.3 is 0 Å². The van der Waals surface area contributed by atoms with E-state index in [1.165, 1.54) is 5.56 Å². The van der Waals surface area contributed by atoms with E-state index in [0.717, 1.165) is 24.5 Å². The molecule has 0 aliphatic heterocycles. The first kappa shape index (κ1) is 16.8. The maximum absolute atomic E-state index is 12.1. The van der Waals surface area contributed by atoms with Gasteiger partial charge in [0.15, 0.2) is 0 Å². The SMILES string of the molecule is COc1cccc(CCNCc2ccc(CSC(F)F)o2)c1. The molecule has 6 heteroatoms. The Bertz CT molecular complexity index is 575. The van der Waals surface area contributed by atoms with Gasteiger partial charge in [0, 0.05) is 0 Å². The van der Waals surface area contributed by atoms with Gasteiger partial charge in [0.1, 0.15) is 17.3 Å². The van der Waals surface area contributed by atoms with Crippen LogP contribution in [0, 0.1) is 0 Å². The Morgan fingerprint density at radius 1 is 1.23 bits per heavy atom. The van der Waals surface area contributed by atoms with Crippen LogP contribution in [0.25, 0.3) is 0 Å². The van der Waals surface area contributed by atoms with Gasteiger partial charge < -0.3 is 14.5 Å². The molecule has 1 aromatic heterocycles. The van der Waals surface area contributed by atoms with Gasteiger partial charge in [-0.05, 0) is 42.8 Å². The molecule has 0 unspecified atom stereocenters. The number of hydrogen-bond donors (Lipinski definition) is 1. The number of methoxy groups -OCH3 is 1. The number of furan rings is 1. The summed E-state index contributed by atoms with van der Waals surface area (Å²) in [5.41, 5.74) is 1.19. The molecule has 0 radical (unpaired) electrons. The molecule has 1 N–H and O–H groups in total. The Morgan fingerprint density at radius 3 is 2.82 bits per heavy atom. The van der Waals surface area contributed by atoms with Crippen molar-refractivity contribution in [2.45, 2.75) is 24.5 Å². The van der Waals surface area contributed by atoms with Crippen molar-refractivity contribution in [3.63, 3.8) is 0 Å². The second-order valence-corrected chi connectivity index (χ2v) is 5.70. The van der Waals surface area contributed by atoms with Crippen LogP contribution in [0.2, 0.25) is 0 Å². The van der Waals surface area contributed by atoms with Crippen LogP contribution in [0.3, 0.4) is 0 Å². The zero-order valence-corrected chi connectivity index (χ0v) is 13.2. The van der Waals surface area contributed by atoms with Crippen LogP contribution < -0.4 is 10.1 Å². The minimum Gasteiger partial charge on any atom is -0.497 e. The van der Waals surface area contributed by atoms with E-state index in [-0.39, 0.29) is 5.75 Å². The molecule has 0 saturated heterocycles. The summed E-state index contributed by atoms with van der Waals surface area (Å²) >= 11 is 0.567. The molecule has 120 valence electrons. The lowest BCUT2D eigenvalue weighted by molar-refractivity contribution is 0.251. The summed E-state index contributed by atoms with van der Waals surface area (Å²) in [5, 5.41) is 3.28. The van der Waals surface area contributed by atoms with Crippen molar-refractivity contribution < 1.29 is 17.9 Å². The molecule has 0 fully saturated rings. The topological polar surface area (TPSA) is 34.4 Å². The summed E-state index contributed by atoms with van der Waals surface area (Å²) in [6.07, 6.45) is 0.881. The normalized spacial score (nSPS) is 11.1. The first-order valence-corrected chi connectivity index (χ1v) is 8.03. The molecule has 3 nitrogen and oxygen atoms in total. The largest absolute Gasteiger partial charge is 0.497 e. The standard InChI is InChI=1S/C16H19F2NO2S/c1-20-13-4-2-3-12(9-13)7-8-19-10-14-5-6-15(21-14)11-22-16(17)18/h2-6,9,16,19H,7-8,10-11H2,1H3. The van der Waals surface area contributed by atoms with Gasteiger partial charge in [-0.3, -0.25) is 0 Å². The van der Waals surface area contributed by atoms with Crippen molar-refractivity contribution in [2.75, 3.05) is 13.7 Å². The molecule has 1 heterocycles. The first-order valence-electron chi connectivity index (χ1n) is 6.98. The number of thioether (sulfide) groups is 1. The quantitative estimate of drug-likeness (QED) is 0.704. The maximum atomic E-state index is 12.1. The zero-order chi connectivity index (χ0) is 15.8. The summed E-state index contributed by atoms with van der Waals surface area (Å²) in [6.45, 7) is 1.39. The third kappa shape index (κ3) is 5.69. The Kier molecular flexibility index (Phi) is 6.74. The summed E-state index contributed by atoms with van der Waals surface area (Å²) < 4.78 is 34.9. The summed E-state index contributed by atoms with van der Waals surface area (Å²) in [7, 11) is 1.65. The lowest BCUT2D eigenvalue weighted by Crippen LogP contribution is -2.16. The van der Waals surface area contributed by atoms with Gasteiger partial charge in [0.25, 0.3) is 5.76 Å². The molecule has 0 amide bonds. The smallest absolute Gasteiger partial charge is 0.284 e. The molecule has 0 atom stereocenters. The van der Waals surface area contributed by atoms with Crippen molar-refractivity contribution in [1.29, 1.82) is 0 Å². The Balaban J connectivity index is 1.70. The average Bonchev–Trinajstić information content (AvgIpc) is 2.98. The van der Waals surface area contributed by atoms with Crippen LogP contribution in [0.15, 0.2) is 40.8 Å². The fourth-order valence-corrected chi connectivity index (χ4v) is 2.46. The number of rotatable bonds is 9. The number of halogens is 2. The van der Waals surface area contributed by atoms with E-state index in [0.29, 0.717) is 24.1 Å². The summed E-state index contributed by atoms with van der Waals surface area (Å²) in [5.74, 6) is 0.0197. The van der Waals surface area contributed by atoms with E-state index >= 15 is 0 Å². The predicted molar refractivity (Wildman–Crippen MR) is 84.4 cm³/mol. The lowest BCUT2D eigenvalue weighted by Gasteiger charge is -2.05. The first-order chi connectivity index (χ1) is 10.7. The number of ether oxygens (including phenoxy) is 1. The van der Waals surface area contributed by atoms with Crippen molar-refractivity contribution in [3.8, 4) is 5.75 Å². The van der Waals surface area contributed by atoms with Gasteiger partial charge in [0.2, 0.25) is 0 Å². The molecule has 0 spiro atoms. The van der Waals surface area contributed by atoms with E-state index in [1.807, 2.05) is 24.3 Å². The van der Waals surface area contributed by atoms with Gasteiger partial charge in [-0.25, -0.2) is 0 Å². The summed E-state index contributed by atoms with van der Waals surface area (Å²) in [6, 6.07) is 11.5. The second kappa shape index (κ2) is 8.80. The number of alkyl halides is 2. The van der Waals surface area contributed by atoms with Gasteiger partial charge in [-0.15, -0.1) is 0 Å². The van der Waals surface area contributed by atoms with E-state index in [1.54, 1.807) is 13.2 Å². The Labute approximate surface area is 133 Å². The minimum absolute atomic E-state index is 0.196. The van der Waals surface area contributed by atoms with Crippen LogP contribution in [-0.2, 0) is 18.7 Å². The highest BCUT2D eigenvalue weighted by atomic mass is 32.2. The molecular weight excluding hydrogens is 308 g/mol. The number of hydrogen-bond acceptors (Lipinski definition) is 4. The molecule has 1 aromatic carbocycles. The van der Waals surface area contributed by atoms with Crippen LogP contribution in [0.5, 0.6) is 5.75 Å². The molecule has 0 aliphatic carbocycles. The van der Waals surface area contributed by atoms with Crippen molar-refractivity contribution in [1.82, 2.24) is 5.32 Å². The van der Waals surface area contributed by atoms with E-state index in [4.69, 9.17) is 9.15 Å². The Morgan fingerprint density at radius 2 is 2.05 bits per heavy atom. The monoisotopic (exact) mass is 327 g/mol. The Hall–Kier alpha value is -1.53. The number of benzene rings is 1. The highest BCUT2D eigenvalue weighted by Gasteiger charge is 2.07. The molecule has 22 heavy (non-hydrogen) atoms. The second-order valence-electron chi connectivity index (χ2n) is 4.72. The molecule has 0 aliphatic rings. The van der Waals surface area contributed by atoms with Gasteiger partial charge in [-0.1, -0.05) is 23.9 Å². The molecule has 0 bridgehead atoms. The highest BCUT2D eigenvalue weighted by molar-refractivity contribution is 7.98. The average molecular weight is 327 g/mol. The molecular formula is C16H19F2NO2S. The van der Waals surface area contributed by atoms with Gasteiger partial charge in [0.05, 0.1) is 19.4 Å². The van der Waals surface area contributed by atoms with E-state index in [2.05, 4.69) is 11.4 Å². The van der Waals surface area contributed by atoms with Crippen molar-refractivity contribution >= 4 is 11.8 Å². The van der Waals surface area contributed by atoms with E-state index in [9.17, 15) is 8.78 Å². The predicted octanol–water partition coefficient (Wildman–Crippen LogP) is 4.08. The molecule has 2 aromatic rings. The molecule has 2 rings (SSSR count). The zero-order valence-electron chi connectivity index (χ0n) is 12.4. The third-order valence-corrected chi connectivity index (χ3v) is 3.80. The van der Waals surface area contributed by atoms with Gasteiger partial charge in [-0.2, -0.15) is 8.78 Å².